The van der Waals surface area contributed by atoms with Crippen LogP contribution in [0.5, 0.6) is 0 Å². The van der Waals surface area contributed by atoms with Crippen LogP contribution in [0.2, 0.25) is 0 Å². The first-order chi connectivity index (χ1) is 7.88. The van der Waals surface area contributed by atoms with Crippen LogP contribution in [0.3, 0.4) is 0 Å². The first-order valence-electron chi connectivity index (χ1n) is 6.52. The van der Waals surface area contributed by atoms with Gasteiger partial charge in [-0.15, -0.1) is 0 Å². The number of aromatic nitrogens is 1. The maximum Gasteiger partial charge on any atom is 0.194 e. The first kappa shape index (κ1) is 11.6. The van der Waals surface area contributed by atoms with Gasteiger partial charge in [0.05, 0.1) is 6.20 Å². The summed E-state index contributed by atoms with van der Waals surface area (Å²) in [7, 11) is 0. The summed E-state index contributed by atoms with van der Waals surface area (Å²) in [6.45, 7) is 0.709. The van der Waals surface area contributed by atoms with Crippen molar-refractivity contribution in [1.29, 1.82) is 0 Å². The zero-order valence-electron chi connectivity index (χ0n) is 9.95. The number of aryl methyl sites for hydroxylation is 1. The lowest BCUT2D eigenvalue weighted by molar-refractivity contribution is 0.328. The fraction of sp³-hybridized carbons (Fsp3) is 0.769. The van der Waals surface area contributed by atoms with Crippen LogP contribution >= 0.6 is 0 Å². The monoisotopic (exact) mass is 222 g/mol. The highest BCUT2D eigenvalue weighted by Crippen LogP contribution is 2.27. The third-order valence-electron chi connectivity index (χ3n) is 3.41. The van der Waals surface area contributed by atoms with Crippen molar-refractivity contribution in [2.24, 2.45) is 11.7 Å². The molecule has 1 aromatic heterocycles. The molecule has 2 rings (SSSR count). The molecule has 0 saturated heterocycles. The highest BCUT2D eigenvalue weighted by atomic mass is 16.4. The van der Waals surface area contributed by atoms with Crippen LogP contribution in [0.15, 0.2) is 10.6 Å². The van der Waals surface area contributed by atoms with Gasteiger partial charge in [0.15, 0.2) is 5.89 Å². The molecule has 0 spiro atoms. The molecule has 1 fully saturated rings. The Bertz CT molecular complexity index is 303. The van der Waals surface area contributed by atoms with Gasteiger partial charge in [0.2, 0.25) is 0 Å². The molecule has 1 aliphatic carbocycles. The van der Waals surface area contributed by atoms with Crippen LogP contribution in [0.1, 0.15) is 50.2 Å². The van der Waals surface area contributed by atoms with E-state index in [1.807, 2.05) is 6.20 Å². The van der Waals surface area contributed by atoms with Crippen molar-refractivity contribution < 1.29 is 4.42 Å². The summed E-state index contributed by atoms with van der Waals surface area (Å²) in [6.07, 6.45) is 11.7. The Kier molecular flexibility index (Phi) is 4.40. The van der Waals surface area contributed by atoms with Gasteiger partial charge in [0.1, 0.15) is 5.76 Å². The molecule has 0 amide bonds. The van der Waals surface area contributed by atoms with Gasteiger partial charge in [-0.05, 0) is 18.9 Å². The SMILES string of the molecule is NCCCc1ncc(CC2CCCCC2)o1. The van der Waals surface area contributed by atoms with Crippen LogP contribution in [0, 0.1) is 5.92 Å². The summed E-state index contributed by atoms with van der Waals surface area (Å²) in [5.41, 5.74) is 5.46. The fourth-order valence-corrected chi connectivity index (χ4v) is 2.49. The van der Waals surface area contributed by atoms with E-state index in [0.717, 1.165) is 36.8 Å². The first-order valence-corrected chi connectivity index (χ1v) is 6.52. The van der Waals surface area contributed by atoms with E-state index in [0.29, 0.717) is 6.54 Å². The Morgan fingerprint density at radius 3 is 2.88 bits per heavy atom. The number of hydrogen-bond donors (Lipinski definition) is 1. The second-order valence-electron chi connectivity index (χ2n) is 4.82. The van der Waals surface area contributed by atoms with Crippen molar-refractivity contribution >= 4 is 0 Å². The number of oxazole rings is 1. The third-order valence-corrected chi connectivity index (χ3v) is 3.41. The van der Waals surface area contributed by atoms with Gasteiger partial charge >= 0.3 is 0 Å². The lowest BCUT2D eigenvalue weighted by Crippen LogP contribution is -2.08. The Morgan fingerprint density at radius 1 is 1.31 bits per heavy atom. The Morgan fingerprint density at radius 2 is 2.12 bits per heavy atom. The Balaban J connectivity index is 1.81. The smallest absolute Gasteiger partial charge is 0.194 e. The molecule has 1 heterocycles. The molecule has 0 aliphatic heterocycles. The standard InChI is InChI=1S/C13H22N2O/c14-8-4-7-13-15-10-12(16-13)9-11-5-2-1-3-6-11/h10-11H,1-9,14H2. The molecule has 3 heteroatoms. The van der Waals surface area contributed by atoms with Gasteiger partial charge in [-0.2, -0.15) is 0 Å². The third kappa shape index (κ3) is 3.34. The van der Waals surface area contributed by atoms with E-state index in [1.54, 1.807) is 0 Å². The molecule has 90 valence electrons. The zero-order chi connectivity index (χ0) is 11.2. The van der Waals surface area contributed by atoms with Gasteiger partial charge in [0.25, 0.3) is 0 Å². The minimum absolute atomic E-state index is 0.709. The van der Waals surface area contributed by atoms with E-state index in [4.69, 9.17) is 10.2 Å². The predicted octanol–water partition coefficient (Wildman–Crippen LogP) is 2.69. The van der Waals surface area contributed by atoms with Gasteiger partial charge in [-0.25, -0.2) is 4.98 Å². The summed E-state index contributed by atoms with van der Waals surface area (Å²) in [5.74, 6) is 2.75. The van der Waals surface area contributed by atoms with Crippen molar-refractivity contribution in [3.8, 4) is 0 Å². The summed E-state index contributed by atoms with van der Waals surface area (Å²) in [5, 5.41) is 0. The maximum absolute atomic E-state index is 5.72. The largest absolute Gasteiger partial charge is 0.446 e. The lowest BCUT2D eigenvalue weighted by atomic mass is 9.86. The van der Waals surface area contributed by atoms with Crippen LogP contribution in [0.4, 0.5) is 0 Å². The molecular formula is C13H22N2O. The van der Waals surface area contributed by atoms with Gasteiger partial charge in [-0.3, -0.25) is 0 Å². The molecular weight excluding hydrogens is 200 g/mol. The van der Waals surface area contributed by atoms with Crippen LogP contribution in [-0.4, -0.2) is 11.5 Å². The summed E-state index contributed by atoms with van der Waals surface area (Å²) >= 11 is 0. The minimum atomic E-state index is 0.709. The van der Waals surface area contributed by atoms with Crippen molar-refractivity contribution in [3.63, 3.8) is 0 Å². The number of rotatable bonds is 5. The molecule has 0 unspecified atom stereocenters. The number of nitrogens with two attached hydrogens (primary N) is 1. The highest BCUT2D eigenvalue weighted by Gasteiger charge is 2.16. The van der Waals surface area contributed by atoms with Crippen LogP contribution < -0.4 is 5.73 Å². The molecule has 0 radical (unpaired) electrons. The average Bonchev–Trinajstić information content (AvgIpc) is 2.75. The predicted molar refractivity (Wildman–Crippen MR) is 64.2 cm³/mol. The Labute approximate surface area is 97.4 Å². The van der Waals surface area contributed by atoms with E-state index in [-0.39, 0.29) is 0 Å². The molecule has 0 atom stereocenters. The van der Waals surface area contributed by atoms with E-state index >= 15 is 0 Å². The molecule has 0 aromatic carbocycles. The quantitative estimate of drug-likeness (QED) is 0.833. The Hall–Kier alpha value is -0.830. The molecule has 1 saturated carbocycles. The van der Waals surface area contributed by atoms with Crippen molar-refractivity contribution in [1.82, 2.24) is 4.98 Å². The summed E-state index contributed by atoms with van der Waals surface area (Å²) in [4.78, 5) is 4.30. The molecule has 0 bridgehead atoms. The number of nitrogens with zero attached hydrogens (tertiary/aromatic N) is 1. The van der Waals surface area contributed by atoms with Crippen LogP contribution in [0.25, 0.3) is 0 Å². The van der Waals surface area contributed by atoms with Gasteiger partial charge in [0, 0.05) is 12.8 Å². The maximum atomic E-state index is 5.72. The van der Waals surface area contributed by atoms with E-state index < -0.39 is 0 Å². The summed E-state index contributed by atoms with van der Waals surface area (Å²) < 4.78 is 5.72. The van der Waals surface area contributed by atoms with Crippen molar-refractivity contribution in [2.75, 3.05) is 6.54 Å². The second-order valence-corrected chi connectivity index (χ2v) is 4.82. The highest BCUT2D eigenvalue weighted by molar-refractivity contribution is 4.96. The van der Waals surface area contributed by atoms with E-state index in [2.05, 4.69) is 4.98 Å². The van der Waals surface area contributed by atoms with E-state index in [1.165, 1.54) is 32.1 Å². The molecule has 16 heavy (non-hydrogen) atoms. The molecule has 3 nitrogen and oxygen atoms in total. The van der Waals surface area contributed by atoms with Gasteiger partial charge in [-0.1, -0.05) is 32.1 Å². The zero-order valence-corrected chi connectivity index (χ0v) is 9.95. The molecule has 2 N–H and O–H groups in total. The molecule has 1 aliphatic rings. The van der Waals surface area contributed by atoms with Gasteiger partial charge < -0.3 is 10.2 Å². The molecule has 1 aromatic rings. The normalized spacial score (nSPS) is 17.8. The van der Waals surface area contributed by atoms with Crippen molar-refractivity contribution in [2.45, 2.75) is 51.4 Å². The fourth-order valence-electron chi connectivity index (χ4n) is 2.49. The number of hydrogen-bond acceptors (Lipinski definition) is 3. The topological polar surface area (TPSA) is 52.0 Å². The van der Waals surface area contributed by atoms with Crippen LogP contribution in [-0.2, 0) is 12.8 Å². The van der Waals surface area contributed by atoms with E-state index in [9.17, 15) is 0 Å². The van der Waals surface area contributed by atoms with Crippen molar-refractivity contribution in [3.05, 3.63) is 17.8 Å². The summed E-state index contributed by atoms with van der Waals surface area (Å²) in [6, 6.07) is 0. The minimum Gasteiger partial charge on any atom is -0.446 e. The second kappa shape index (κ2) is 6.04. The lowest BCUT2D eigenvalue weighted by Gasteiger charge is -2.19. The average molecular weight is 222 g/mol.